The predicted octanol–water partition coefficient (Wildman–Crippen LogP) is 4.13. The first-order chi connectivity index (χ1) is 15.3. The lowest BCUT2D eigenvalue weighted by molar-refractivity contribution is -0.384. The van der Waals surface area contributed by atoms with E-state index in [0.29, 0.717) is 16.8 Å². The van der Waals surface area contributed by atoms with Gasteiger partial charge in [-0.15, -0.1) is 0 Å². The van der Waals surface area contributed by atoms with Gasteiger partial charge in [-0.05, 0) is 23.8 Å². The molecule has 0 saturated heterocycles. The summed E-state index contributed by atoms with van der Waals surface area (Å²) < 4.78 is 30.0. The number of halogens is 2. The molecular formula is C20H16F2N8O2. The van der Waals surface area contributed by atoms with E-state index in [2.05, 4.69) is 25.7 Å². The van der Waals surface area contributed by atoms with Crippen LogP contribution in [0.15, 0.2) is 55.0 Å². The van der Waals surface area contributed by atoms with E-state index < -0.39 is 16.6 Å². The SMILES string of the molecule is Cn1cc(Nc2ncc(-c3ccc(N)c(F)c3)c(Nc3cc([N+](=O)[O-])ccc3F)n2)cn1. The number of anilines is 5. The molecule has 2 heterocycles. The first-order valence-corrected chi connectivity index (χ1v) is 9.19. The van der Waals surface area contributed by atoms with Gasteiger partial charge in [-0.1, -0.05) is 6.07 Å². The monoisotopic (exact) mass is 438 g/mol. The van der Waals surface area contributed by atoms with Crippen LogP contribution < -0.4 is 16.4 Å². The van der Waals surface area contributed by atoms with Crippen LogP contribution in [0.1, 0.15) is 0 Å². The van der Waals surface area contributed by atoms with Gasteiger partial charge in [-0.25, -0.2) is 13.8 Å². The van der Waals surface area contributed by atoms with Gasteiger partial charge in [-0.2, -0.15) is 10.1 Å². The van der Waals surface area contributed by atoms with Crippen molar-refractivity contribution in [1.82, 2.24) is 19.7 Å². The second kappa shape index (κ2) is 8.26. The molecule has 0 unspecified atom stereocenters. The van der Waals surface area contributed by atoms with Crippen LogP contribution in [0.5, 0.6) is 0 Å². The van der Waals surface area contributed by atoms with Crippen LogP contribution in [0.25, 0.3) is 11.1 Å². The number of nitrogens with one attached hydrogen (secondary N) is 2. The minimum absolute atomic E-state index is 0.0382. The fourth-order valence-electron chi connectivity index (χ4n) is 2.91. The van der Waals surface area contributed by atoms with Crippen LogP contribution in [0.4, 0.5) is 43.3 Å². The van der Waals surface area contributed by atoms with Crippen LogP contribution in [-0.4, -0.2) is 24.7 Å². The number of aromatic nitrogens is 4. The molecule has 0 fully saturated rings. The summed E-state index contributed by atoms with van der Waals surface area (Å²) in [6, 6.07) is 7.19. The Balaban J connectivity index is 1.79. The van der Waals surface area contributed by atoms with Crippen molar-refractivity contribution in [2.45, 2.75) is 0 Å². The van der Waals surface area contributed by atoms with Crippen LogP contribution >= 0.6 is 0 Å². The Morgan fingerprint density at radius 3 is 2.59 bits per heavy atom. The van der Waals surface area contributed by atoms with Crippen molar-refractivity contribution in [1.29, 1.82) is 0 Å². The van der Waals surface area contributed by atoms with Gasteiger partial charge in [0.2, 0.25) is 5.95 Å². The lowest BCUT2D eigenvalue weighted by Gasteiger charge is -2.14. The number of hydrogen-bond donors (Lipinski definition) is 3. The molecule has 2 aromatic heterocycles. The minimum atomic E-state index is -0.731. The maximum Gasteiger partial charge on any atom is 0.271 e. The van der Waals surface area contributed by atoms with Gasteiger partial charge in [0, 0.05) is 37.1 Å². The highest BCUT2D eigenvalue weighted by atomic mass is 19.1. The highest BCUT2D eigenvalue weighted by molar-refractivity contribution is 5.80. The van der Waals surface area contributed by atoms with E-state index in [-0.39, 0.29) is 28.8 Å². The molecule has 4 rings (SSSR count). The van der Waals surface area contributed by atoms with Crippen LogP contribution in [0, 0.1) is 21.7 Å². The third-order valence-corrected chi connectivity index (χ3v) is 4.48. The van der Waals surface area contributed by atoms with E-state index in [1.54, 1.807) is 30.2 Å². The zero-order valence-corrected chi connectivity index (χ0v) is 16.6. The average Bonchev–Trinajstić information content (AvgIpc) is 3.16. The zero-order valence-electron chi connectivity index (χ0n) is 16.6. The van der Waals surface area contributed by atoms with Crippen molar-refractivity contribution >= 4 is 34.5 Å². The molecule has 4 aromatic rings. The Morgan fingerprint density at radius 1 is 1.09 bits per heavy atom. The number of nitrogens with zero attached hydrogens (tertiary/aromatic N) is 5. The van der Waals surface area contributed by atoms with Gasteiger partial charge in [0.1, 0.15) is 17.5 Å². The number of nitrogens with two attached hydrogens (primary N) is 1. The molecular weight excluding hydrogens is 422 g/mol. The van der Waals surface area contributed by atoms with E-state index in [1.807, 2.05) is 0 Å². The molecule has 0 radical (unpaired) electrons. The highest BCUT2D eigenvalue weighted by Crippen LogP contribution is 2.33. The number of nitro groups is 1. The zero-order chi connectivity index (χ0) is 22.8. The Bertz CT molecular complexity index is 1320. The minimum Gasteiger partial charge on any atom is -0.396 e. The van der Waals surface area contributed by atoms with Crippen LogP contribution in [0.2, 0.25) is 0 Å². The van der Waals surface area contributed by atoms with Gasteiger partial charge in [0.25, 0.3) is 5.69 Å². The fraction of sp³-hybridized carbons (Fsp3) is 0.0500. The number of aryl methyl sites for hydroxylation is 1. The molecule has 0 saturated carbocycles. The van der Waals surface area contributed by atoms with E-state index in [1.165, 1.54) is 18.3 Å². The van der Waals surface area contributed by atoms with Crippen LogP contribution in [-0.2, 0) is 7.05 Å². The number of nitro benzene ring substituents is 1. The highest BCUT2D eigenvalue weighted by Gasteiger charge is 2.16. The molecule has 12 heteroatoms. The number of non-ortho nitro benzene ring substituents is 1. The number of benzene rings is 2. The molecule has 0 bridgehead atoms. The molecule has 0 atom stereocenters. The molecule has 32 heavy (non-hydrogen) atoms. The fourth-order valence-corrected chi connectivity index (χ4v) is 2.91. The van der Waals surface area contributed by atoms with Crippen molar-refractivity contribution in [3.8, 4) is 11.1 Å². The molecule has 0 aliphatic rings. The molecule has 10 nitrogen and oxygen atoms in total. The maximum absolute atomic E-state index is 14.4. The Hall–Kier alpha value is -4.61. The second-order valence-corrected chi connectivity index (χ2v) is 6.77. The van der Waals surface area contributed by atoms with Crippen molar-refractivity contribution in [2.75, 3.05) is 16.4 Å². The molecule has 162 valence electrons. The lowest BCUT2D eigenvalue weighted by atomic mass is 10.1. The molecule has 4 N–H and O–H groups in total. The van der Waals surface area contributed by atoms with E-state index in [9.17, 15) is 18.9 Å². The summed E-state index contributed by atoms with van der Waals surface area (Å²) in [4.78, 5) is 19.0. The molecule has 0 aliphatic heterocycles. The summed E-state index contributed by atoms with van der Waals surface area (Å²) in [5.74, 6) is -1.14. The topological polar surface area (TPSA) is 137 Å². The van der Waals surface area contributed by atoms with E-state index in [4.69, 9.17) is 5.73 Å². The quantitative estimate of drug-likeness (QED) is 0.232. The summed E-state index contributed by atoms with van der Waals surface area (Å²) >= 11 is 0. The summed E-state index contributed by atoms with van der Waals surface area (Å²) in [6.45, 7) is 0. The van der Waals surface area contributed by atoms with Gasteiger partial charge < -0.3 is 16.4 Å². The lowest BCUT2D eigenvalue weighted by Crippen LogP contribution is -2.04. The Labute approximate surface area is 179 Å². The normalized spacial score (nSPS) is 10.7. The third kappa shape index (κ3) is 4.28. The van der Waals surface area contributed by atoms with Crippen LogP contribution in [0.3, 0.4) is 0 Å². The van der Waals surface area contributed by atoms with Gasteiger partial charge in [0.05, 0.1) is 28.2 Å². The van der Waals surface area contributed by atoms with Gasteiger partial charge >= 0.3 is 0 Å². The Kier molecular flexibility index (Phi) is 5.33. The maximum atomic E-state index is 14.4. The average molecular weight is 438 g/mol. The second-order valence-electron chi connectivity index (χ2n) is 6.77. The molecule has 0 amide bonds. The number of hydrogen-bond acceptors (Lipinski definition) is 8. The molecule has 0 spiro atoms. The summed E-state index contributed by atoms with van der Waals surface area (Å²) in [7, 11) is 1.74. The number of rotatable bonds is 6. The molecule has 2 aromatic carbocycles. The largest absolute Gasteiger partial charge is 0.396 e. The first kappa shape index (κ1) is 20.7. The standard InChI is InChI=1S/C20H16F2N8O2/c1-29-10-12(8-25-29)26-20-24-9-14(11-2-5-17(23)16(22)6-11)19(28-20)27-18-7-13(30(31)32)3-4-15(18)21/h2-10H,23H2,1H3,(H2,24,26,27,28). The summed E-state index contributed by atoms with van der Waals surface area (Å²) in [5.41, 5.74) is 6.33. The van der Waals surface area contributed by atoms with E-state index in [0.717, 1.165) is 18.2 Å². The third-order valence-electron chi connectivity index (χ3n) is 4.48. The number of nitrogen functional groups attached to an aromatic ring is 1. The van der Waals surface area contributed by atoms with Crippen molar-refractivity contribution in [3.05, 3.63) is 76.7 Å². The van der Waals surface area contributed by atoms with Gasteiger partial charge in [-0.3, -0.25) is 14.8 Å². The van der Waals surface area contributed by atoms with Crippen molar-refractivity contribution in [2.24, 2.45) is 7.05 Å². The summed E-state index contributed by atoms with van der Waals surface area (Å²) in [6.07, 6.45) is 4.66. The smallest absolute Gasteiger partial charge is 0.271 e. The molecule has 0 aliphatic carbocycles. The van der Waals surface area contributed by atoms with Crippen molar-refractivity contribution < 1.29 is 13.7 Å². The first-order valence-electron chi connectivity index (χ1n) is 9.19. The summed E-state index contributed by atoms with van der Waals surface area (Å²) in [5, 5.41) is 20.8. The Morgan fingerprint density at radius 2 is 1.91 bits per heavy atom. The van der Waals surface area contributed by atoms with E-state index >= 15 is 0 Å². The van der Waals surface area contributed by atoms with Gasteiger partial charge in [0.15, 0.2) is 0 Å². The van der Waals surface area contributed by atoms with Crippen molar-refractivity contribution in [3.63, 3.8) is 0 Å². The predicted molar refractivity (Wildman–Crippen MR) is 115 cm³/mol.